The fourth-order valence-electron chi connectivity index (χ4n) is 2.32. The zero-order valence-electron chi connectivity index (χ0n) is 9.43. The standard InChI is InChI=1S/C13H15FO3/c14-11-5-3-9(4-6-11)12(13(15)16)10-2-1-7-17-8-10/h3-6,10,12H,1-2,7-8H2,(H,15,16). The molecule has 0 radical (unpaired) electrons. The van der Waals surface area contributed by atoms with E-state index in [0.29, 0.717) is 18.8 Å². The van der Waals surface area contributed by atoms with E-state index in [1.807, 2.05) is 0 Å². The Kier molecular flexibility index (Phi) is 3.74. The molecule has 2 atom stereocenters. The smallest absolute Gasteiger partial charge is 0.311 e. The molecule has 0 bridgehead atoms. The summed E-state index contributed by atoms with van der Waals surface area (Å²) in [5.74, 6) is -1.84. The van der Waals surface area contributed by atoms with Gasteiger partial charge in [0.05, 0.1) is 12.5 Å². The van der Waals surface area contributed by atoms with E-state index >= 15 is 0 Å². The molecular weight excluding hydrogens is 223 g/mol. The first-order valence-electron chi connectivity index (χ1n) is 5.74. The van der Waals surface area contributed by atoms with Crippen molar-refractivity contribution < 1.29 is 19.0 Å². The van der Waals surface area contributed by atoms with Crippen molar-refractivity contribution in [1.29, 1.82) is 0 Å². The summed E-state index contributed by atoms with van der Waals surface area (Å²) in [6.07, 6.45) is 1.73. The highest BCUT2D eigenvalue weighted by atomic mass is 19.1. The van der Waals surface area contributed by atoms with Crippen molar-refractivity contribution in [3.05, 3.63) is 35.6 Å². The fraction of sp³-hybridized carbons (Fsp3) is 0.462. The van der Waals surface area contributed by atoms with Crippen molar-refractivity contribution in [2.24, 2.45) is 5.92 Å². The van der Waals surface area contributed by atoms with Crippen molar-refractivity contribution >= 4 is 5.97 Å². The van der Waals surface area contributed by atoms with Crippen molar-refractivity contribution in [3.8, 4) is 0 Å². The van der Waals surface area contributed by atoms with E-state index in [-0.39, 0.29) is 11.7 Å². The Balaban J connectivity index is 2.21. The van der Waals surface area contributed by atoms with Gasteiger partial charge < -0.3 is 9.84 Å². The summed E-state index contributed by atoms with van der Waals surface area (Å²) in [4.78, 5) is 11.3. The molecule has 0 spiro atoms. The van der Waals surface area contributed by atoms with Gasteiger partial charge in [0.15, 0.2) is 0 Å². The van der Waals surface area contributed by atoms with Crippen LogP contribution in [-0.2, 0) is 9.53 Å². The number of carboxylic acid groups (broad SMARTS) is 1. The molecule has 1 aromatic rings. The molecule has 0 saturated carbocycles. The lowest BCUT2D eigenvalue weighted by molar-refractivity contribution is -0.141. The molecule has 92 valence electrons. The molecule has 1 N–H and O–H groups in total. The number of hydrogen-bond donors (Lipinski definition) is 1. The summed E-state index contributed by atoms with van der Waals surface area (Å²) in [7, 11) is 0. The molecule has 17 heavy (non-hydrogen) atoms. The third kappa shape index (κ3) is 2.82. The van der Waals surface area contributed by atoms with Crippen LogP contribution in [0.3, 0.4) is 0 Å². The van der Waals surface area contributed by atoms with E-state index in [9.17, 15) is 14.3 Å². The van der Waals surface area contributed by atoms with Crippen molar-refractivity contribution in [2.45, 2.75) is 18.8 Å². The van der Waals surface area contributed by atoms with Gasteiger partial charge >= 0.3 is 5.97 Å². The first-order valence-corrected chi connectivity index (χ1v) is 5.74. The molecule has 2 unspecified atom stereocenters. The van der Waals surface area contributed by atoms with Gasteiger partial charge in [0.1, 0.15) is 5.82 Å². The van der Waals surface area contributed by atoms with Crippen LogP contribution in [0.1, 0.15) is 24.3 Å². The predicted octanol–water partition coefficient (Wildman–Crippen LogP) is 2.42. The van der Waals surface area contributed by atoms with Crippen LogP contribution in [0.15, 0.2) is 24.3 Å². The fourth-order valence-corrected chi connectivity index (χ4v) is 2.32. The lowest BCUT2D eigenvalue weighted by Crippen LogP contribution is -2.28. The highest BCUT2D eigenvalue weighted by Gasteiger charge is 2.31. The van der Waals surface area contributed by atoms with E-state index in [1.165, 1.54) is 12.1 Å². The molecule has 3 nitrogen and oxygen atoms in total. The minimum atomic E-state index is -0.868. The van der Waals surface area contributed by atoms with Gasteiger partial charge in [-0.15, -0.1) is 0 Å². The number of hydrogen-bond acceptors (Lipinski definition) is 2. The first-order chi connectivity index (χ1) is 8.18. The quantitative estimate of drug-likeness (QED) is 0.879. The Hall–Kier alpha value is -1.42. The molecule has 1 fully saturated rings. The van der Waals surface area contributed by atoms with Gasteiger partial charge in [-0.25, -0.2) is 4.39 Å². The maximum Gasteiger partial charge on any atom is 0.311 e. The minimum absolute atomic E-state index is 0.0216. The number of aliphatic carboxylic acids is 1. The summed E-state index contributed by atoms with van der Waals surface area (Å²) in [5.41, 5.74) is 0.648. The highest BCUT2D eigenvalue weighted by Crippen LogP contribution is 2.31. The number of rotatable bonds is 3. The Bertz CT molecular complexity index is 382. The molecule has 4 heteroatoms. The molecule has 1 aromatic carbocycles. The molecule has 0 amide bonds. The van der Waals surface area contributed by atoms with Gasteiger partial charge in [0, 0.05) is 6.61 Å². The normalized spacial score (nSPS) is 22.1. The second-order valence-corrected chi connectivity index (χ2v) is 4.34. The van der Waals surface area contributed by atoms with E-state index in [2.05, 4.69) is 0 Å². The van der Waals surface area contributed by atoms with Crippen molar-refractivity contribution in [2.75, 3.05) is 13.2 Å². The lowest BCUT2D eigenvalue weighted by atomic mass is 9.83. The number of benzene rings is 1. The molecule has 1 heterocycles. The largest absolute Gasteiger partial charge is 0.481 e. The zero-order chi connectivity index (χ0) is 12.3. The van der Waals surface area contributed by atoms with Crippen LogP contribution in [0.2, 0.25) is 0 Å². The van der Waals surface area contributed by atoms with Crippen LogP contribution in [0.4, 0.5) is 4.39 Å². The number of carbonyl (C=O) groups is 1. The summed E-state index contributed by atoms with van der Waals surface area (Å²) < 4.78 is 18.1. The van der Waals surface area contributed by atoms with E-state index < -0.39 is 11.9 Å². The van der Waals surface area contributed by atoms with Crippen molar-refractivity contribution in [1.82, 2.24) is 0 Å². The van der Waals surface area contributed by atoms with Crippen LogP contribution in [0, 0.1) is 11.7 Å². The van der Waals surface area contributed by atoms with E-state index in [0.717, 1.165) is 12.8 Å². The van der Waals surface area contributed by atoms with Gasteiger partial charge in [0.2, 0.25) is 0 Å². The average molecular weight is 238 g/mol. The second-order valence-electron chi connectivity index (χ2n) is 4.34. The van der Waals surface area contributed by atoms with Gasteiger partial charge in [-0.1, -0.05) is 12.1 Å². The summed E-state index contributed by atoms with van der Waals surface area (Å²) in [6.45, 7) is 1.17. The maximum atomic E-state index is 12.8. The molecule has 1 aliphatic heterocycles. The van der Waals surface area contributed by atoms with Crippen LogP contribution >= 0.6 is 0 Å². The third-order valence-electron chi connectivity index (χ3n) is 3.16. The van der Waals surface area contributed by atoms with Crippen LogP contribution in [0.25, 0.3) is 0 Å². The number of ether oxygens (including phenoxy) is 1. The van der Waals surface area contributed by atoms with E-state index in [4.69, 9.17) is 4.74 Å². The topological polar surface area (TPSA) is 46.5 Å². The SMILES string of the molecule is O=C(O)C(c1ccc(F)cc1)C1CCCOC1. The maximum absolute atomic E-state index is 12.8. The first kappa shape index (κ1) is 12.0. The molecule has 1 saturated heterocycles. The summed E-state index contributed by atoms with van der Waals surface area (Å²) in [6, 6.07) is 5.69. The minimum Gasteiger partial charge on any atom is -0.481 e. The Morgan fingerprint density at radius 1 is 1.41 bits per heavy atom. The van der Waals surface area contributed by atoms with Gasteiger partial charge in [-0.05, 0) is 36.5 Å². The molecule has 1 aliphatic rings. The summed E-state index contributed by atoms with van der Waals surface area (Å²) >= 11 is 0. The van der Waals surface area contributed by atoms with Crippen LogP contribution in [0.5, 0.6) is 0 Å². The Morgan fingerprint density at radius 3 is 2.65 bits per heavy atom. The van der Waals surface area contributed by atoms with Crippen molar-refractivity contribution in [3.63, 3.8) is 0 Å². The zero-order valence-corrected chi connectivity index (χ0v) is 9.43. The van der Waals surface area contributed by atoms with Gasteiger partial charge in [-0.2, -0.15) is 0 Å². The van der Waals surface area contributed by atoms with Crippen LogP contribution in [-0.4, -0.2) is 24.3 Å². The van der Waals surface area contributed by atoms with Gasteiger partial charge in [-0.3, -0.25) is 4.79 Å². The molecule has 0 aromatic heterocycles. The molecule has 0 aliphatic carbocycles. The molecular formula is C13H15FO3. The van der Waals surface area contributed by atoms with Gasteiger partial charge in [0.25, 0.3) is 0 Å². The number of halogens is 1. The summed E-state index contributed by atoms with van der Waals surface area (Å²) in [5, 5.41) is 9.30. The molecule has 2 rings (SSSR count). The lowest BCUT2D eigenvalue weighted by Gasteiger charge is -2.27. The Labute approximate surface area is 99.2 Å². The monoisotopic (exact) mass is 238 g/mol. The van der Waals surface area contributed by atoms with Crippen LogP contribution < -0.4 is 0 Å². The van der Waals surface area contributed by atoms with E-state index in [1.54, 1.807) is 12.1 Å². The second kappa shape index (κ2) is 5.27. The Morgan fingerprint density at radius 2 is 2.12 bits per heavy atom. The predicted molar refractivity (Wildman–Crippen MR) is 60.3 cm³/mol. The average Bonchev–Trinajstić information content (AvgIpc) is 2.33. The third-order valence-corrected chi connectivity index (χ3v) is 3.16. The number of carboxylic acids is 1. The highest BCUT2D eigenvalue weighted by molar-refractivity contribution is 5.76.